The lowest BCUT2D eigenvalue weighted by molar-refractivity contribution is 1.11. The molecule has 2 aromatic rings. The molecule has 0 amide bonds. The molecule has 0 saturated heterocycles. The second kappa shape index (κ2) is 2.88. The molecule has 0 saturated carbocycles. The van der Waals surface area contributed by atoms with E-state index >= 15 is 0 Å². The second-order valence-corrected chi connectivity index (χ2v) is 4.26. The van der Waals surface area contributed by atoms with Gasteiger partial charge in [0.05, 0.1) is 5.52 Å². The van der Waals surface area contributed by atoms with Crippen LogP contribution in [0.25, 0.3) is 5.52 Å². The van der Waals surface area contributed by atoms with E-state index < -0.39 is 0 Å². The van der Waals surface area contributed by atoms with Crippen LogP contribution in [0.2, 0.25) is 0 Å². The van der Waals surface area contributed by atoms with E-state index in [9.17, 15) is 0 Å². The Morgan fingerprint density at radius 2 is 1.21 bits per heavy atom. The number of pyridine rings is 1. The van der Waals surface area contributed by atoms with Crippen molar-refractivity contribution >= 4 is 5.52 Å². The topological polar surface area (TPSA) is 4.41 Å². The van der Waals surface area contributed by atoms with E-state index in [4.69, 9.17) is 0 Å². The van der Waals surface area contributed by atoms with Crippen molar-refractivity contribution in [3.63, 3.8) is 0 Å². The number of aryl methyl sites for hydroxylation is 4. The molecule has 2 heterocycles. The maximum atomic E-state index is 2.25. The first-order chi connectivity index (χ1) is 6.52. The summed E-state index contributed by atoms with van der Waals surface area (Å²) >= 11 is 0. The first kappa shape index (κ1) is 9.32. The summed E-state index contributed by atoms with van der Waals surface area (Å²) in [5, 5.41) is 0. The van der Waals surface area contributed by atoms with Gasteiger partial charge in [-0.2, -0.15) is 0 Å². The highest BCUT2D eigenvalue weighted by molar-refractivity contribution is 5.66. The van der Waals surface area contributed by atoms with Crippen LogP contribution < -0.4 is 0 Å². The minimum Gasteiger partial charge on any atom is -0.323 e. The standard InChI is InChI=1S/C13H17N/c1-8-6-14-7-9(2)11(4)13(14)12(5)10(8)3/h6-7H,1-5H3. The van der Waals surface area contributed by atoms with Gasteiger partial charge >= 0.3 is 0 Å². The molecular formula is C13H17N. The Kier molecular flexibility index (Phi) is 1.91. The summed E-state index contributed by atoms with van der Waals surface area (Å²) in [5.74, 6) is 0. The lowest BCUT2D eigenvalue weighted by Gasteiger charge is -2.08. The van der Waals surface area contributed by atoms with Crippen LogP contribution in [0, 0.1) is 34.6 Å². The van der Waals surface area contributed by atoms with Gasteiger partial charge in [0.15, 0.2) is 0 Å². The molecule has 0 unspecified atom stereocenters. The summed E-state index contributed by atoms with van der Waals surface area (Å²) < 4.78 is 2.25. The first-order valence-electron chi connectivity index (χ1n) is 5.07. The van der Waals surface area contributed by atoms with Crippen LogP contribution in [0.3, 0.4) is 0 Å². The molecule has 0 aromatic carbocycles. The van der Waals surface area contributed by atoms with E-state index in [-0.39, 0.29) is 0 Å². The van der Waals surface area contributed by atoms with E-state index in [0.29, 0.717) is 0 Å². The number of fused-ring (bicyclic) bond motifs is 1. The van der Waals surface area contributed by atoms with Crippen LogP contribution in [-0.4, -0.2) is 4.40 Å². The van der Waals surface area contributed by atoms with Gasteiger partial charge in [0, 0.05) is 12.4 Å². The Hall–Kier alpha value is -1.24. The first-order valence-corrected chi connectivity index (χ1v) is 5.07. The van der Waals surface area contributed by atoms with Crippen LogP contribution in [-0.2, 0) is 0 Å². The fraction of sp³-hybridized carbons (Fsp3) is 0.385. The molecule has 1 nitrogen and oxygen atoms in total. The molecule has 0 aliphatic rings. The molecule has 2 aromatic heterocycles. The molecule has 0 bridgehead atoms. The Bertz CT molecular complexity index is 504. The molecule has 2 rings (SSSR count). The minimum atomic E-state index is 1.37. The highest BCUT2D eigenvalue weighted by Gasteiger charge is 2.08. The summed E-state index contributed by atoms with van der Waals surface area (Å²) in [6, 6.07) is 0. The average Bonchev–Trinajstić information content (AvgIpc) is 2.39. The van der Waals surface area contributed by atoms with Gasteiger partial charge in [-0.25, -0.2) is 0 Å². The van der Waals surface area contributed by atoms with Crippen LogP contribution in [0.15, 0.2) is 12.4 Å². The highest BCUT2D eigenvalue weighted by atomic mass is 14.9. The second-order valence-electron chi connectivity index (χ2n) is 4.26. The van der Waals surface area contributed by atoms with Gasteiger partial charge < -0.3 is 4.40 Å². The monoisotopic (exact) mass is 187 g/mol. The van der Waals surface area contributed by atoms with E-state index in [1.54, 1.807) is 0 Å². The van der Waals surface area contributed by atoms with Crippen molar-refractivity contribution in [3.05, 3.63) is 40.2 Å². The third-order valence-corrected chi connectivity index (χ3v) is 3.38. The number of hydrogen-bond donors (Lipinski definition) is 0. The smallest absolute Gasteiger partial charge is 0.0513 e. The SMILES string of the molecule is Cc1cn2cc(C)c(C)c2c(C)c1C. The van der Waals surface area contributed by atoms with Gasteiger partial charge in [-0.15, -0.1) is 0 Å². The van der Waals surface area contributed by atoms with Gasteiger partial charge in [-0.05, 0) is 62.4 Å². The number of aromatic nitrogens is 1. The molecule has 0 N–H and O–H groups in total. The highest BCUT2D eigenvalue weighted by Crippen LogP contribution is 2.24. The van der Waals surface area contributed by atoms with E-state index in [1.807, 2.05) is 0 Å². The summed E-state index contributed by atoms with van der Waals surface area (Å²) in [6.07, 6.45) is 4.43. The van der Waals surface area contributed by atoms with Crippen molar-refractivity contribution in [1.82, 2.24) is 4.40 Å². The van der Waals surface area contributed by atoms with Gasteiger partial charge in [-0.3, -0.25) is 0 Å². The lowest BCUT2D eigenvalue weighted by atomic mass is 10.0. The van der Waals surface area contributed by atoms with E-state index in [2.05, 4.69) is 51.4 Å². The Morgan fingerprint density at radius 3 is 1.79 bits per heavy atom. The van der Waals surface area contributed by atoms with Crippen molar-refractivity contribution in [3.8, 4) is 0 Å². The maximum Gasteiger partial charge on any atom is 0.0513 e. The van der Waals surface area contributed by atoms with Gasteiger partial charge in [0.2, 0.25) is 0 Å². The van der Waals surface area contributed by atoms with Gasteiger partial charge in [-0.1, -0.05) is 0 Å². The third kappa shape index (κ3) is 1.08. The third-order valence-electron chi connectivity index (χ3n) is 3.38. The Balaban J connectivity index is 2.99. The van der Waals surface area contributed by atoms with Crippen LogP contribution in [0.5, 0.6) is 0 Å². The van der Waals surface area contributed by atoms with Crippen molar-refractivity contribution < 1.29 is 0 Å². The normalized spacial score (nSPS) is 11.2. The molecule has 0 fully saturated rings. The average molecular weight is 187 g/mol. The van der Waals surface area contributed by atoms with E-state index in [0.717, 1.165) is 0 Å². The molecule has 1 heteroatoms. The number of rotatable bonds is 0. The molecular weight excluding hydrogens is 170 g/mol. The van der Waals surface area contributed by atoms with Crippen molar-refractivity contribution in [2.45, 2.75) is 34.6 Å². The summed E-state index contributed by atoms with van der Waals surface area (Å²) in [7, 11) is 0. The Labute approximate surface area is 85.4 Å². The van der Waals surface area contributed by atoms with Crippen LogP contribution in [0.1, 0.15) is 27.8 Å². The van der Waals surface area contributed by atoms with Crippen molar-refractivity contribution in [2.75, 3.05) is 0 Å². The van der Waals surface area contributed by atoms with E-state index in [1.165, 1.54) is 33.3 Å². The van der Waals surface area contributed by atoms with Crippen LogP contribution >= 0.6 is 0 Å². The fourth-order valence-electron chi connectivity index (χ4n) is 2.11. The predicted octanol–water partition coefficient (Wildman–Crippen LogP) is 3.48. The zero-order valence-corrected chi connectivity index (χ0v) is 9.60. The molecule has 0 aliphatic carbocycles. The van der Waals surface area contributed by atoms with Crippen molar-refractivity contribution in [2.24, 2.45) is 0 Å². The molecule has 74 valence electrons. The van der Waals surface area contributed by atoms with Crippen LogP contribution in [0.4, 0.5) is 0 Å². The number of hydrogen-bond acceptors (Lipinski definition) is 0. The molecule has 0 spiro atoms. The van der Waals surface area contributed by atoms with Crippen molar-refractivity contribution in [1.29, 1.82) is 0 Å². The zero-order chi connectivity index (χ0) is 10.5. The number of nitrogens with zero attached hydrogens (tertiary/aromatic N) is 1. The molecule has 0 radical (unpaired) electrons. The largest absolute Gasteiger partial charge is 0.323 e. The summed E-state index contributed by atoms with van der Waals surface area (Å²) in [4.78, 5) is 0. The maximum absolute atomic E-state index is 2.25. The fourth-order valence-corrected chi connectivity index (χ4v) is 2.11. The molecule has 14 heavy (non-hydrogen) atoms. The zero-order valence-electron chi connectivity index (χ0n) is 9.60. The Morgan fingerprint density at radius 1 is 0.714 bits per heavy atom. The van der Waals surface area contributed by atoms with Gasteiger partial charge in [0.1, 0.15) is 0 Å². The predicted molar refractivity (Wildman–Crippen MR) is 61.1 cm³/mol. The summed E-state index contributed by atoms with van der Waals surface area (Å²) in [6.45, 7) is 11.0. The molecule has 0 aliphatic heterocycles. The minimum absolute atomic E-state index is 1.37. The molecule has 0 atom stereocenters. The van der Waals surface area contributed by atoms with Gasteiger partial charge in [0.25, 0.3) is 0 Å². The quantitative estimate of drug-likeness (QED) is 0.594. The summed E-state index contributed by atoms with van der Waals surface area (Å²) in [5.41, 5.74) is 8.36. The lowest BCUT2D eigenvalue weighted by Crippen LogP contribution is -1.94.